The normalized spacial score (nSPS) is 11.2. The van der Waals surface area contributed by atoms with Gasteiger partial charge in [0.15, 0.2) is 0 Å². The molecular weight excluding hydrogens is 532 g/mol. The van der Waals surface area contributed by atoms with E-state index in [0.717, 1.165) is 61.1 Å². The van der Waals surface area contributed by atoms with Crippen molar-refractivity contribution in [1.82, 2.24) is 20.3 Å². The first kappa shape index (κ1) is 26.3. The third-order valence-electron chi connectivity index (χ3n) is 7.75. The number of pyridine rings is 1. The zero-order valence-electron chi connectivity index (χ0n) is 23.5. The number of hydrogen-bond acceptors (Lipinski definition) is 3. The van der Waals surface area contributed by atoms with E-state index in [0.29, 0.717) is 25.1 Å². The van der Waals surface area contributed by atoms with Gasteiger partial charge in [-0.2, -0.15) is 0 Å². The van der Waals surface area contributed by atoms with Crippen LogP contribution in [0.4, 0.5) is 0 Å². The quantitative estimate of drug-likeness (QED) is 0.167. The van der Waals surface area contributed by atoms with Crippen LogP contribution in [0.3, 0.4) is 0 Å². The van der Waals surface area contributed by atoms with Crippen LogP contribution in [0.2, 0.25) is 0 Å². The van der Waals surface area contributed by atoms with Crippen LogP contribution in [0.5, 0.6) is 5.75 Å². The Morgan fingerprint density at radius 3 is 2.37 bits per heavy atom. The summed E-state index contributed by atoms with van der Waals surface area (Å²) < 4.78 is 6.03. The van der Waals surface area contributed by atoms with Crippen LogP contribution in [-0.4, -0.2) is 27.4 Å². The lowest BCUT2D eigenvalue weighted by Gasteiger charge is -2.08. The van der Waals surface area contributed by atoms with Gasteiger partial charge in [0, 0.05) is 63.6 Å². The van der Waals surface area contributed by atoms with Crippen LogP contribution in [0.25, 0.3) is 44.2 Å². The lowest BCUT2D eigenvalue weighted by Crippen LogP contribution is -2.25. The predicted molar refractivity (Wildman–Crippen MR) is 172 cm³/mol. The topological polar surface area (TPSA) is 82.8 Å². The molecule has 0 spiro atoms. The van der Waals surface area contributed by atoms with Gasteiger partial charge < -0.3 is 20.0 Å². The highest BCUT2D eigenvalue weighted by Crippen LogP contribution is 2.32. The van der Waals surface area contributed by atoms with Crippen molar-refractivity contribution in [2.24, 2.45) is 0 Å². The smallest absolute Gasteiger partial charge is 0.251 e. The van der Waals surface area contributed by atoms with Crippen molar-refractivity contribution in [2.75, 3.05) is 6.54 Å². The second-order valence-electron chi connectivity index (χ2n) is 10.6. The average molecular weight is 563 g/mol. The second kappa shape index (κ2) is 11.7. The summed E-state index contributed by atoms with van der Waals surface area (Å²) in [6, 6.07) is 36.3. The molecule has 210 valence electrons. The van der Waals surface area contributed by atoms with Crippen LogP contribution in [0.1, 0.15) is 21.5 Å². The summed E-state index contributed by atoms with van der Waals surface area (Å²) in [5.41, 5.74) is 8.95. The molecule has 0 saturated carbocycles. The Bertz CT molecular complexity index is 2030. The van der Waals surface area contributed by atoms with Crippen molar-refractivity contribution < 1.29 is 9.53 Å². The first-order chi connectivity index (χ1) is 21.2. The summed E-state index contributed by atoms with van der Waals surface area (Å²) in [5.74, 6) is 0.697. The maximum atomic E-state index is 13.1. The second-order valence-corrected chi connectivity index (χ2v) is 10.6. The van der Waals surface area contributed by atoms with E-state index in [9.17, 15) is 4.79 Å². The number of carbonyl (C=O) groups excluding carboxylic acids is 1. The summed E-state index contributed by atoms with van der Waals surface area (Å²) in [7, 11) is 0. The third kappa shape index (κ3) is 5.63. The van der Waals surface area contributed by atoms with Crippen molar-refractivity contribution in [3.05, 3.63) is 144 Å². The standard InChI is InChI=1S/C37H30N4O2/c42-37(39-18-16-29-22-40-34-14-12-30(21-31(29)34)43-24-25-7-3-1-4-8-25)28-15-17-38-36(20-28)27-11-13-35-32(19-27)33(23-41-35)26-9-5-2-6-10-26/h1-15,17,19-23,40-41H,16,18,24H2,(H,39,42). The predicted octanol–water partition coefficient (Wildman–Crippen LogP) is 7.93. The molecule has 1 amide bonds. The molecule has 7 rings (SSSR count). The van der Waals surface area contributed by atoms with E-state index in [1.807, 2.05) is 73.1 Å². The summed E-state index contributed by atoms with van der Waals surface area (Å²) in [5, 5.41) is 5.30. The van der Waals surface area contributed by atoms with Crippen LogP contribution in [0.15, 0.2) is 128 Å². The van der Waals surface area contributed by atoms with Crippen molar-refractivity contribution in [1.29, 1.82) is 0 Å². The van der Waals surface area contributed by atoms with Gasteiger partial charge in [0.25, 0.3) is 5.91 Å². The Hall–Kier alpha value is -5.62. The van der Waals surface area contributed by atoms with Gasteiger partial charge in [0.2, 0.25) is 0 Å². The molecule has 6 nitrogen and oxygen atoms in total. The maximum Gasteiger partial charge on any atom is 0.251 e. The Kier molecular flexibility index (Phi) is 7.15. The summed E-state index contributed by atoms with van der Waals surface area (Å²) in [6.45, 7) is 1.03. The zero-order valence-corrected chi connectivity index (χ0v) is 23.5. The van der Waals surface area contributed by atoms with Gasteiger partial charge in [0.05, 0.1) is 5.69 Å². The number of nitrogens with zero attached hydrogens (tertiary/aromatic N) is 1. The molecule has 4 aromatic carbocycles. The molecule has 7 aromatic rings. The minimum Gasteiger partial charge on any atom is -0.489 e. The Morgan fingerprint density at radius 2 is 1.51 bits per heavy atom. The fraction of sp³-hybridized carbons (Fsp3) is 0.0811. The van der Waals surface area contributed by atoms with Crippen molar-refractivity contribution >= 4 is 27.7 Å². The Labute approximate surface area is 249 Å². The Balaban J connectivity index is 1.03. The molecule has 0 aliphatic rings. The highest BCUT2D eigenvalue weighted by atomic mass is 16.5. The molecule has 6 heteroatoms. The van der Waals surface area contributed by atoms with Crippen LogP contribution in [-0.2, 0) is 13.0 Å². The van der Waals surface area contributed by atoms with E-state index in [-0.39, 0.29) is 5.91 Å². The highest BCUT2D eigenvalue weighted by molar-refractivity contribution is 5.99. The SMILES string of the molecule is O=C(NCCc1c[nH]c2ccc(OCc3ccccc3)cc12)c1ccnc(-c2ccc3[nH]cc(-c4ccccc4)c3c2)c1. The molecule has 0 aliphatic heterocycles. The van der Waals surface area contributed by atoms with Gasteiger partial charge in [-0.3, -0.25) is 9.78 Å². The van der Waals surface area contributed by atoms with E-state index in [1.54, 1.807) is 12.3 Å². The number of fused-ring (bicyclic) bond motifs is 2. The van der Waals surface area contributed by atoms with Gasteiger partial charge >= 0.3 is 0 Å². The largest absolute Gasteiger partial charge is 0.489 e. The molecule has 0 radical (unpaired) electrons. The summed E-state index contributed by atoms with van der Waals surface area (Å²) >= 11 is 0. The van der Waals surface area contributed by atoms with E-state index < -0.39 is 0 Å². The number of hydrogen-bond donors (Lipinski definition) is 3. The molecule has 0 unspecified atom stereocenters. The number of carbonyl (C=O) groups is 1. The number of benzene rings is 4. The molecule has 3 N–H and O–H groups in total. The van der Waals surface area contributed by atoms with Crippen LogP contribution in [0, 0.1) is 0 Å². The van der Waals surface area contributed by atoms with Crippen molar-refractivity contribution in [2.45, 2.75) is 13.0 Å². The molecule has 0 atom stereocenters. The fourth-order valence-corrected chi connectivity index (χ4v) is 5.47. The maximum absolute atomic E-state index is 13.1. The minimum atomic E-state index is -0.122. The first-order valence-corrected chi connectivity index (χ1v) is 14.4. The number of H-pyrrole nitrogens is 2. The molecular formula is C37H30N4O2. The molecule has 0 bridgehead atoms. The van der Waals surface area contributed by atoms with Gasteiger partial charge in [0.1, 0.15) is 12.4 Å². The zero-order chi connectivity index (χ0) is 29.0. The van der Waals surface area contributed by atoms with E-state index in [4.69, 9.17) is 4.74 Å². The van der Waals surface area contributed by atoms with Gasteiger partial charge in [-0.15, -0.1) is 0 Å². The molecule has 3 heterocycles. The summed E-state index contributed by atoms with van der Waals surface area (Å²) in [4.78, 5) is 24.4. The van der Waals surface area contributed by atoms with Crippen molar-refractivity contribution in [3.8, 4) is 28.1 Å². The highest BCUT2D eigenvalue weighted by Gasteiger charge is 2.12. The minimum absolute atomic E-state index is 0.122. The number of amides is 1. The van der Waals surface area contributed by atoms with Crippen LogP contribution < -0.4 is 10.1 Å². The number of rotatable bonds is 9. The van der Waals surface area contributed by atoms with E-state index in [2.05, 4.69) is 62.7 Å². The Morgan fingerprint density at radius 1 is 0.744 bits per heavy atom. The van der Waals surface area contributed by atoms with Gasteiger partial charge in [-0.05, 0) is 65.6 Å². The lowest BCUT2D eigenvalue weighted by atomic mass is 10.0. The number of ether oxygens (including phenoxy) is 1. The lowest BCUT2D eigenvalue weighted by molar-refractivity contribution is 0.0954. The van der Waals surface area contributed by atoms with Gasteiger partial charge in [-0.25, -0.2) is 0 Å². The first-order valence-electron chi connectivity index (χ1n) is 14.4. The van der Waals surface area contributed by atoms with Crippen molar-refractivity contribution in [3.63, 3.8) is 0 Å². The molecule has 43 heavy (non-hydrogen) atoms. The average Bonchev–Trinajstić information content (AvgIpc) is 3.68. The fourth-order valence-electron chi connectivity index (χ4n) is 5.47. The third-order valence-corrected chi connectivity index (χ3v) is 7.75. The molecule has 0 fully saturated rings. The summed E-state index contributed by atoms with van der Waals surface area (Å²) in [6.07, 6.45) is 6.43. The number of nitrogens with one attached hydrogen (secondary N) is 3. The molecule has 0 saturated heterocycles. The van der Waals surface area contributed by atoms with Gasteiger partial charge in [-0.1, -0.05) is 66.7 Å². The number of aromatic nitrogens is 3. The number of aromatic amines is 2. The molecule has 3 aromatic heterocycles. The van der Waals surface area contributed by atoms with E-state index >= 15 is 0 Å². The molecule has 0 aliphatic carbocycles. The van der Waals surface area contributed by atoms with Crippen LogP contribution >= 0.6 is 0 Å². The van der Waals surface area contributed by atoms with E-state index in [1.165, 1.54) is 0 Å². The monoisotopic (exact) mass is 562 g/mol.